The molecule has 0 amide bonds. The van der Waals surface area contributed by atoms with E-state index in [0.29, 0.717) is 38.8 Å². The standard InChI is InChI=1S/C25H22ClFN4O4S/c1-16-28-29-25(31(16)20-10-8-19(27)9-11-20)36-24(14-30(32)33)17-7-12-22(23(13-17)34-2)35-15-18-5-3-4-6-21(18)26/h3-13,24H,14-15H2,1-2H3/t24-/m1/s1. The molecule has 0 saturated carbocycles. The smallest absolute Gasteiger partial charge is 0.220 e. The van der Waals surface area contributed by atoms with Crippen molar-refractivity contribution in [1.82, 2.24) is 14.8 Å². The highest BCUT2D eigenvalue weighted by Gasteiger charge is 2.25. The molecule has 4 aromatic rings. The van der Waals surface area contributed by atoms with E-state index >= 15 is 0 Å². The molecule has 0 unspecified atom stereocenters. The Labute approximate surface area is 216 Å². The van der Waals surface area contributed by atoms with Crippen LogP contribution in [-0.4, -0.2) is 33.3 Å². The molecule has 1 heterocycles. The molecule has 11 heteroatoms. The van der Waals surface area contributed by atoms with Crippen molar-refractivity contribution >= 4 is 23.4 Å². The first-order valence-electron chi connectivity index (χ1n) is 10.9. The summed E-state index contributed by atoms with van der Waals surface area (Å²) < 4.78 is 26.6. The second kappa shape index (κ2) is 11.4. The fraction of sp³-hybridized carbons (Fsp3) is 0.200. The van der Waals surface area contributed by atoms with Gasteiger partial charge in [-0.3, -0.25) is 14.7 Å². The van der Waals surface area contributed by atoms with Crippen molar-refractivity contribution in [3.05, 3.63) is 105 Å². The number of ether oxygens (including phenoxy) is 2. The molecule has 0 saturated heterocycles. The van der Waals surface area contributed by atoms with Gasteiger partial charge in [-0.15, -0.1) is 10.2 Å². The summed E-state index contributed by atoms with van der Waals surface area (Å²) in [6.07, 6.45) is 0. The van der Waals surface area contributed by atoms with E-state index in [9.17, 15) is 14.5 Å². The minimum atomic E-state index is -0.602. The largest absolute Gasteiger partial charge is 0.493 e. The van der Waals surface area contributed by atoms with E-state index in [1.54, 1.807) is 47.9 Å². The van der Waals surface area contributed by atoms with Gasteiger partial charge in [-0.05, 0) is 55.0 Å². The lowest BCUT2D eigenvalue weighted by Gasteiger charge is -2.17. The van der Waals surface area contributed by atoms with Crippen LogP contribution in [0.3, 0.4) is 0 Å². The third kappa shape index (κ3) is 5.95. The molecule has 0 aliphatic heterocycles. The van der Waals surface area contributed by atoms with Crippen LogP contribution in [0.4, 0.5) is 4.39 Å². The molecule has 1 aromatic heterocycles. The average molecular weight is 529 g/mol. The van der Waals surface area contributed by atoms with Crippen LogP contribution in [-0.2, 0) is 6.61 Å². The lowest BCUT2D eigenvalue weighted by molar-refractivity contribution is -0.479. The Kier molecular flexibility index (Phi) is 8.07. The SMILES string of the molecule is COc1cc([C@@H](C[N+](=O)[O-])Sc2nnc(C)n2-c2ccc(F)cc2)ccc1OCc1ccccc1Cl. The number of hydrogen-bond donors (Lipinski definition) is 0. The van der Waals surface area contributed by atoms with E-state index in [2.05, 4.69) is 10.2 Å². The van der Waals surface area contributed by atoms with Crippen LogP contribution < -0.4 is 9.47 Å². The predicted octanol–water partition coefficient (Wildman–Crippen LogP) is 6.07. The molecule has 0 radical (unpaired) electrons. The maximum absolute atomic E-state index is 13.4. The molecule has 0 aliphatic rings. The number of halogens is 2. The molecule has 0 aliphatic carbocycles. The minimum absolute atomic E-state index is 0.239. The topological polar surface area (TPSA) is 92.3 Å². The molecule has 4 rings (SSSR count). The Bertz CT molecular complexity index is 1370. The van der Waals surface area contributed by atoms with Gasteiger partial charge in [-0.25, -0.2) is 4.39 Å². The summed E-state index contributed by atoms with van der Waals surface area (Å²) >= 11 is 7.41. The normalized spacial score (nSPS) is 11.8. The third-order valence-electron chi connectivity index (χ3n) is 5.34. The van der Waals surface area contributed by atoms with Gasteiger partial charge in [0.1, 0.15) is 23.5 Å². The lowest BCUT2D eigenvalue weighted by Crippen LogP contribution is -2.11. The lowest BCUT2D eigenvalue weighted by atomic mass is 10.1. The maximum atomic E-state index is 13.4. The number of aromatic nitrogens is 3. The van der Waals surface area contributed by atoms with Crippen molar-refractivity contribution in [1.29, 1.82) is 0 Å². The number of aryl methyl sites for hydroxylation is 1. The summed E-state index contributed by atoms with van der Waals surface area (Å²) in [7, 11) is 1.51. The van der Waals surface area contributed by atoms with Crippen molar-refractivity contribution in [2.24, 2.45) is 0 Å². The summed E-state index contributed by atoms with van der Waals surface area (Å²) in [6, 6.07) is 18.4. The van der Waals surface area contributed by atoms with Crippen LogP contribution in [0.15, 0.2) is 71.9 Å². The number of methoxy groups -OCH3 is 1. The number of nitro groups is 1. The summed E-state index contributed by atoms with van der Waals surface area (Å²) in [4.78, 5) is 11.1. The van der Waals surface area contributed by atoms with E-state index in [-0.39, 0.29) is 23.9 Å². The zero-order chi connectivity index (χ0) is 25.7. The van der Waals surface area contributed by atoms with Gasteiger partial charge < -0.3 is 9.47 Å². The molecule has 0 N–H and O–H groups in total. The average Bonchev–Trinajstić information content (AvgIpc) is 3.23. The third-order valence-corrected chi connectivity index (χ3v) is 6.89. The molecule has 1 atom stereocenters. The van der Waals surface area contributed by atoms with Crippen LogP contribution in [0.1, 0.15) is 22.2 Å². The zero-order valence-electron chi connectivity index (χ0n) is 19.4. The van der Waals surface area contributed by atoms with E-state index in [1.165, 1.54) is 31.0 Å². The van der Waals surface area contributed by atoms with Gasteiger partial charge in [-0.1, -0.05) is 47.6 Å². The van der Waals surface area contributed by atoms with Crippen LogP contribution >= 0.6 is 23.4 Å². The van der Waals surface area contributed by atoms with E-state index in [1.807, 2.05) is 18.2 Å². The van der Waals surface area contributed by atoms with E-state index < -0.39 is 5.25 Å². The Morgan fingerprint density at radius 1 is 1.11 bits per heavy atom. The Morgan fingerprint density at radius 3 is 2.56 bits per heavy atom. The van der Waals surface area contributed by atoms with Crippen LogP contribution in [0, 0.1) is 22.9 Å². The predicted molar refractivity (Wildman–Crippen MR) is 135 cm³/mol. The van der Waals surface area contributed by atoms with Crippen molar-refractivity contribution in [2.45, 2.75) is 23.9 Å². The van der Waals surface area contributed by atoms with Crippen molar-refractivity contribution in [2.75, 3.05) is 13.7 Å². The molecule has 3 aromatic carbocycles. The molecule has 0 spiro atoms. The van der Waals surface area contributed by atoms with Crippen LogP contribution in [0.2, 0.25) is 5.02 Å². The van der Waals surface area contributed by atoms with Crippen LogP contribution in [0.5, 0.6) is 11.5 Å². The molecular weight excluding hydrogens is 507 g/mol. The van der Waals surface area contributed by atoms with Gasteiger partial charge in [-0.2, -0.15) is 0 Å². The Morgan fingerprint density at radius 2 is 1.86 bits per heavy atom. The van der Waals surface area contributed by atoms with Gasteiger partial charge in [0.15, 0.2) is 16.7 Å². The molecule has 36 heavy (non-hydrogen) atoms. The summed E-state index contributed by atoms with van der Waals surface area (Å²) in [5.41, 5.74) is 2.13. The maximum Gasteiger partial charge on any atom is 0.220 e. The van der Waals surface area contributed by atoms with Crippen LogP contribution in [0.25, 0.3) is 5.69 Å². The number of rotatable bonds is 10. The molecule has 186 valence electrons. The quantitative estimate of drug-likeness (QED) is 0.140. The number of nitrogens with zero attached hydrogens (tertiary/aromatic N) is 4. The summed E-state index contributed by atoms with van der Waals surface area (Å²) in [5, 5.41) is 20.3. The van der Waals surface area contributed by atoms with Gasteiger partial charge in [0.25, 0.3) is 0 Å². The van der Waals surface area contributed by atoms with Gasteiger partial charge in [0.2, 0.25) is 6.54 Å². The zero-order valence-corrected chi connectivity index (χ0v) is 21.0. The van der Waals surface area contributed by atoms with E-state index in [0.717, 1.165) is 5.56 Å². The molecule has 0 bridgehead atoms. The molecule has 8 nitrogen and oxygen atoms in total. The summed E-state index contributed by atoms with van der Waals surface area (Å²) in [5.74, 6) is 1.12. The number of thioether (sulfide) groups is 1. The molecular formula is C25H22ClFN4O4S. The second-order valence-corrected chi connectivity index (χ2v) is 9.33. The van der Waals surface area contributed by atoms with Crippen molar-refractivity contribution < 1.29 is 18.8 Å². The first-order valence-corrected chi connectivity index (χ1v) is 12.1. The summed E-state index contributed by atoms with van der Waals surface area (Å²) in [6.45, 7) is 1.64. The highest BCUT2D eigenvalue weighted by molar-refractivity contribution is 7.99. The first kappa shape index (κ1) is 25.5. The highest BCUT2D eigenvalue weighted by Crippen LogP contribution is 2.39. The minimum Gasteiger partial charge on any atom is -0.493 e. The molecule has 0 fully saturated rings. The monoisotopic (exact) mass is 528 g/mol. The van der Waals surface area contributed by atoms with Crippen molar-refractivity contribution in [3.8, 4) is 17.2 Å². The first-order chi connectivity index (χ1) is 17.4. The van der Waals surface area contributed by atoms with Gasteiger partial charge in [0.05, 0.1) is 7.11 Å². The number of benzene rings is 3. The van der Waals surface area contributed by atoms with Crippen molar-refractivity contribution in [3.63, 3.8) is 0 Å². The highest BCUT2D eigenvalue weighted by atomic mass is 35.5. The fourth-order valence-corrected chi connectivity index (χ4v) is 4.91. The second-order valence-electron chi connectivity index (χ2n) is 7.75. The van der Waals surface area contributed by atoms with Gasteiger partial charge in [0, 0.05) is 21.2 Å². The Balaban J connectivity index is 1.61. The number of hydrogen-bond acceptors (Lipinski definition) is 7. The van der Waals surface area contributed by atoms with Gasteiger partial charge >= 0.3 is 0 Å². The van der Waals surface area contributed by atoms with E-state index in [4.69, 9.17) is 21.1 Å². The Hall–Kier alpha value is -3.63. The fourth-order valence-electron chi connectivity index (χ4n) is 3.55.